The van der Waals surface area contributed by atoms with Gasteiger partial charge in [0.2, 0.25) is 0 Å². The summed E-state index contributed by atoms with van der Waals surface area (Å²) in [4.78, 5) is 12.9. The van der Waals surface area contributed by atoms with Gasteiger partial charge in [0, 0.05) is 16.1 Å². The number of aryl methyl sites for hydroxylation is 1. The maximum Gasteiger partial charge on any atom is 0.291 e. The zero-order valence-corrected chi connectivity index (χ0v) is 19.2. The van der Waals surface area contributed by atoms with Gasteiger partial charge in [-0.3, -0.25) is 4.79 Å². The molecule has 0 bridgehead atoms. The maximum absolute atomic E-state index is 12.9. The summed E-state index contributed by atoms with van der Waals surface area (Å²) in [5.41, 5.74) is 7.30. The van der Waals surface area contributed by atoms with Crippen LogP contribution in [0.3, 0.4) is 0 Å². The molecule has 5 aromatic rings. The van der Waals surface area contributed by atoms with E-state index in [0.29, 0.717) is 10.6 Å². The van der Waals surface area contributed by atoms with Gasteiger partial charge in [0.15, 0.2) is 5.69 Å². The molecule has 0 radical (unpaired) electrons. The van der Waals surface area contributed by atoms with Gasteiger partial charge in [-0.2, -0.15) is 10.2 Å². The van der Waals surface area contributed by atoms with Crippen molar-refractivity contribution in [2.24, 2.45) is 5.10 Å². The van der Waals surface area contributed by atoms with Gasteiger partial charge in [-0.15, -0.1) is 0 Å². The fourth-order valence-corrected chi connectivity index (χ4v) is 3.98. The molecule has 0 aliphatic rings. The van der Waals surface area contributed by atoms with Crippen LogP contribution in [0, 0.1) is 6.92 Å². The molecule has 0 aliphatic carbocycles. The number of rotatable bonds is 5. The number of benzene rings is 4. The summed E-state index contributed by atoms with van der Waals surface area (Å²) >= 11 is 6.15. The number of nitrogens with one attached hydrogen (secondary N) is 1. The Morgan fingerprint density at radius 2 is 1.71 bits per heavy atom. The van der Waals surface area contributed by atoms with E-state index in [9.17, 15) is 4.79 Å². The summed E-state index contributed by atoms with van der Waals surface area (Å²) in [7, 11) is 0. The molecule has 1 aromatic heterocycles. The lowest BCUT2D eigenvalue weighted by atomic mass is 10.0. The summed E-state index contributed by atoms with van der Waals surface area (Å²) in [6.45, 7) is 2.03. The van der Waals surface area contributed by atoms with Crippen LogP contribution in [0.4, 0.5) is 0 Å². The number of aromatic nitrogens is 2. The largest absolute Gasteiger partial charge is 0.291 e. The molecule has 166 valence electrons. The van der Waals surface area contributed by atoms with E-state index in [1.807, 2.05) is 67.6 Å². The number of halogens is 1. The smallest absolute Gasteiger partial charge is 0.265 e. The van der Waals surface area contributed by atoms with Crippen molar-refractivity contribution in [3.8, 4) is 16.9 Å². The molecular weight excluding hydrogens is 444 g/mol. The Morgan fingerprint density at radius 1 is 0.912 bits per heavy atom. The molecule has 0 unspecified atom stereocenters. The highest BCUT2D eigenvalue weighted by Gasteiger charge is 2.17. The fourth-order valence-electron chi connectivity index (χ4n) is 3.80. The Kier molecular flexibility index (Phi) is 5.93. The van der Waals surface area contributed by atoms with Crippen LogP contribution < -0.4 is 5.43 Å². The van der Waals surface area contributed by atoms with Gasteiger partial charge in [0.05, 0.1) is 17.6 Å². The Balaban J connectivity index is 1.52. The van der Waals surface area contributed by atoms with Crippen molar-refractivity contribution < 1.29 is 4.79 Å². The zero-order valence-electron chi connectivity index (χ0n) is 18.4. The molecular formula is C28H21ClN4O. The van der Waals surface area contributed by atoms with E-state index in [-0.39, 0.29) is 5.69 Å². The van der Waals surface area contributed by atoms with E-state index in [1.54, 1.807) is 16.8 Å². The minimum absolute atomic E-state index is 0.265. The molecule has 4 aromatic carbocycles. The number of carbonyl (C=O) groups is 1. The lowest BCUT2D eigenvalue weighted by molar-refractivity contribution is 0.0949. The Morgan fingerprint density at radius 3 is 2.53 bits per heavy atom. The van der Waals surface area contributed by atoms with E-state index >= 15 is 0 Å². The SMILES string of the molecule is Cc1cccc(-n2nc(C(=O)N/N=C\c3ccccc3Cl)cc2-c2ccc3ccccc3c2)c1. The first-order valence-electron chi connectivity index (χ1n) is 10.8. The highest BCUT2D eigenvalue weighted by molar-refractivity contribution is 6.33. The Labute approximate surface area is 202 Å². The summed E-state index contributed by atoms with van der Waals surface area (Å²) in [5, 5.41) is 11.5. The van der Waals surface area contributed by atoms with Gasteiger partial charge >= 0.3 is 0 Å². The van der Waals surface area contributed by atoms with Crippen LogP contribution in [0.5, 0.6) is 0 Å². The first kappa shape index (κ1) is 21.6. The topological polar surface area (TPSA) is 59.3 Å². The highest BCUT2D eigenvalue weighted by atomic mass is 35.5. The molecule has 5 nitrogen and oxygen atoms in total. The molecule has 0 aliphatic heterocycles. The molecule has 0 atom stereocenters. The monoisotopic (exact) mass is 464 g/mol. The van der Waals surface area contributed by atoms with Crippen LogP contribution in [0.2, 0.25) is 5.02 Å². The van der Waals surface area contributed by atoms with Crippen LogP contribution in [0.15, 0.2) is 102 Å². The Bertz CT molecular complexity index is 1540. The van der Waals surface area contributed by atoms with E-state index in [0.717, 1.165) is 33.3 Å². The van der Waals surface area contributed by atoms with Crippen molar-refractivity contribution in [2.75, 3.05) is 0 Å². The van der Waals surface area contributed by atoms with E-state index < -0.39 is 5.91 Å². The maximum atomic E-state index is 12.9. The molecule has 5 rings (SSSR count). The molecule has 0 saturated carbocycles. The lowest BCUT2D eigenvalue weighted by Crippen LogP contribution is -2.18. The number of nitrogens with zero attached hydrogens (tertiary/aromatic N) is 3. The van der Waals surface area contributed by atoms with Crippen LogP contribution in [-0.2, 0) is 0 Å². The molecule has 1 heterocycles. The third-order valence-electron chi connectivity index (χ3n) is 5.51. The summed E-state index contributed by atoms with van der Waals surface area (Å²) < 4.78 is 1.80. The average molecular weight is 465 g/mol. The van der Waals surface area contributed by atoms with E-state index in [2.05, 4.69) is 39.9 Å². The van der Waals surface area contributed by atoms with Gasteiger partial charge in [-0.25, -0.2) is 10.1 Å². The van der Waals surface area contributed by atoms with Gasteiger partial charge in [-0.1, -0.05) is 78.3 Å². The van der Waals surface area contributed by atoms with Crippen molar-refractivity contribution in [3.63, 3.8) is 0 Å². The second-order valence-electron chi connectivity index (χ2n) is 7.95. The fraction of sp³-hybridized carbons (Fsp3) is 0.0357. The van der Waals surface area contributed by atoms with E-state index in [4.69, 9.17) is 11.6 Å². The summed E-state index contributed by atoms with van der Waals surface area (Å²) in [5.74, 6) is -0.406. The molecule has 34 heavy (non-hydrogen) atoms. The van der Waals surface area contributed by atoms with Crippen LogP contribution in [-0.4, -0.2) is 21.9 Å². The Hall–Kier alpha value is -4.22. The number of fused-ring (bicyclic) bond motifs is 1. The quantitative estimate of drug-likeness (QED) is 0.241. The van der Waals surface area contributed by atoms with Crippen molar-refractivity contribution in [1.82, 2.24) is 15.2 Å². The minimum Gasteiger partial charge on any atom is -0.265 e. The predicted molar refractivity (Wildman–Crippen MR) is 138 cm³/mol. The molecule has 0 fully saturated rings. The summed E-state index contributed by atoms with van der Waals surface area (Å²) in [6.07, 6.45) is 1.52. The number of amides is 1. The van der Waals surface area contributed by atoms with Gasteiger partial charge in [-0.05, 0) is 53.6 Å². The van der Waals surface area contributed by atoms with Crippen LogP contribution >= 0.6 is 11.6 Å². The van der Waals surface area contributed by atoms with Crippen LogP contribution in [0.25, 0.3) is 27.7 Å². The second kappa shape index (κ2) is 9.33. The molecule has 0 spiro atoms. The van der Waals surface area contributed by atoms with Crippen LogP contribution in [0.1, 0.15) is 21.6 Å². The molecule has 0 saturated heterocycles. The number of hydrogen-bond acceptors (Lipinski definition) is 3. The third-order valence-corrected chi connectivity index (χ3v) is 5.85. The average Bonchev–Trinajstić information content (AvgIpc) is 3.31. The normalized spacial score (nSPS) is 11.2. The first-order valence-corrected chi connectivity index (χ1v) is 11.2. The first-order chi connectivity index (χ1) is 16.6. The van der Waals surface area contributed by atoms with E-state index in [1.165, 1.54) is 6.21 Å². The zero-order chi connectivity index (χ0) is 23.5. The van der Waals surface area contributed by atoms with Crippen molar-refractivity contribution in [2.45, 2.75) is 6.92 Å². The van der Waals surface area contributed by atoms with Crippen molar-refractivity contribution >= 4 is 34.5 Å². The molecule has 1 N–H and O–H groups in total. The number of hydrogen-bond donors (Lipinski definition) is 1. The lowest BCUT2D eigenvalue weighted by Gasteiger charge is -2.09. The van der Waals surface area contributed by atoms with Gasteiger partial charge in [0.25, 0.3) is 5.91 Å². The van der Waals surface area contributed by atoms with Crippen molar-refractivity contribution in [3.05, 3.63) is 119 Å². The predicted octanol–water partition coefficient (Wildman–Crippen LogP) is 6.42. The van der Waals surface area contributed by atoms with Crippen molar-refractivity contribution in [1.29, 1.82) is 0 Å². The molecule has 1 amide bonds. The summed E-state index contributed by atoms with van der Waals surface area (Å²) in [6, 6.07) is 31.5. The van der Waals surface area contributed by atoms with Gasteiger partial charge < -0.3 is 0 Å². The minimum atomic E-state index is -0.406. The molecule has 6 heteroatoms. The highest BCUT2D eigenvalue weighted by Crippen LogP contribution is 2.28. The van der Waals surface area contributed by atoms with Gasteiger partial charge in [0.1, 0.15) is 0 Å². The second-order valence-corrected chi connectivity index (χ2v) is 8.36. The third kappa shape index (κ3) is 4.47. The number of hydrazone groups is 1. The standard InChI is InChI=1S/C28H21ClN4O/c1-19-7-6-11-24(15-19)33-27(22-14-13-20-8-2-3-9-21(20)16-22)17-26(32-33)28(34)31-30-18-23-10-4-5-12-25(23)29/h2-18H,1H3,(H,31,34)/b30-18-. The number of carbonyl (C=O) groups excluding carboxylic acids is 1.